The van der Waals surface area contributed by atoms with E-state index in [1.807, 2.05) is 0 Å². The second-order valence-electron chi connectivity index (χ2n) is 8.81. The second-order valence-corrected chi connectivity index (χ2v) is 10.5. The number of nitrogens with one attached hydrogen (secondary N) is 1. The summed E-state index contributed by atoms with van der Waals surface area (Å²) in [4.78, 5) is 17.4. The molecule has 1 N–H and O–H groups in total. The number of likely N-dealkylation sites (N-methyl/N-ethyl adjacent to an activating group) is 2. The fourth-order valence-corrected chi connectivity index (χ4v) is 5.24. The molecule has 34 heavy (non-hydrogen) atoms. The number of nitrogens with zero attached hydrogens (tertiary/aromatic N) is 2. The molecule has 9 heteroatoms. The standard InChI is InChI=1S/C25H35N3O5S/c1-6-28-15-18(2)24(32-5)16-27(4)25(29)22-13-12-20(14-23(22)33-17-19(28)3)26-34(30,31)21-10-8-7-9-11-21/h7-14,18-19,24,26H,6,15-17H2,1-5H3/t18-,19-,24-/m1/s1. The first-order valence-corrected chi connectivity index (χ1v) is 13.0. The van der Waals surface area contributed by atoms with Gasteiger partial charge in [0.2, 0.25) is 0 Å². The maximum Gasteiger partial charge on any atom is 0.261 e. The van der Waals surface area contributed by atoms with Gasteiger partial charge < -0.3 is 14.4 Å². The molecule has 1 heterocycles. The van der Waals surface area contributed by atoms with Crippen LogP contribution < -0.4 is 9.46 Å². The molecule has 3 atom stereocenters. The minimum atomic E-state index is -3.77. The summed E-state index contributed by atoms with van der Waals surface area (Å²) in [5, 5.41) is 0. The fourth-order valence-electron chi connectivity index (χ4n) is 4.16. The molecule has 0 spiro atoms. The molecule has 186 valence electrons. The molecule has 0 unspecified atom stereocenters. The average Bonchev–Trinajstić information content (AvgIpc) is 2.83. The van der Waals surface area contributed by atoms with Crippen molar-refractivity contribution in [2.45, 2.75) is 37.8 Å². The molecule has 0 aromatic heterocycles. The number of hydrogen-bond donors (Lipinski definition) is 1. The maximum atomic E-state index is 13.3. The molecular formula is C25H35N3O5S. The van der Waals surface area contributed by atoms with Gasteiger partial charge in [0, 0.05) is 39.4 Å². The van der Waals surface area contributed by atoms with Gasteiger partial charge in [0.05, 0.1) is 22.3 Å². The highest BCUT2D eigenvalue weighted by molar-refractivity contribution is 7.92. The molecule has 1 amide bonds. The Balaban J connectivity index is 1.95. The maximum absolute atomic E-state index is 13.3. The van der Waals surface area contributed by atoms with Gasteiger partial charge in [0.25, 0.3) is 15.9 Å². The molecule has 2 aromatic carbocycles. The highest BCUT2D eigenvalue weighted by Gasteiger charge is 2.28. The van der Waals surface area contributed by atoms with Crippen molar-refractivity contribution in [1.29, 1.82) is 0 Å². The van der Waals surface area contributed by atoms with Gasteiger partial charge in [0.1, 0.15) is 12.4 Å². The number of amides is 1. The monoisotopic (exact) mass is 489 g/mol. The number of carbonyl (C=O) groups is 1. The van der Waals surface area contributed by atoms with Crippen molar-refractivity contribution in [3.05, 3.63) is 54.1 Å². The lowest BCUT2D eigenvalue weighted by atomic mass is 10.0. The Morgan fingerprint density at radius 1 is 1.12 bits per heavy atom. The average molecular weight is 490 g/mol. The van der Waals surface area contributed by atoms with E-state index in [-0.39, 0.29) is 28.9 Å². The molecule has 1 aliphatic heterocycles. The lowest BCUT2D eigenvalue weighted by Crippen LogP contribution is -2.46. The summed E-state index contributed by atoms with van der Waals surface area (Å²) in [5.41, 5.74) is 0.706. The third-order valence-corrected chi connectivity index (χ3v) is 7.68. The van der Waals surface area contributed by atoms with Crippen LogP contribution in [-0.4, -0.2) is 76.7 Å². The Morgan fingerprint density at radius 2 is 1.82 bits per heavy atom. The first-order chi connectivity index (χ1) is 16.2. The van der Waals surface area contributed by atoms with Crippen molar-refractivity contribution in [2.24, 2.45) is 5.92 Å². The van der Waals surface area contributed by atoms with Gasteiger partial charge in [-0.3, -0.25) is 14.4 Å². The first kappa shape index (κ1) is 26.0. The van der Waals surface area contributed by atoms with Crippen LogP contribution in [0.4, 0.5) is 5.69 Å². The normalized spacial score (nSPS) is 22.8. The third-order valence-electron chi connectivity index (χ3n) is 6.29. The zero-order valence-corrected chi connectivity index (χ0v) is 21.3. The van der Waals surface area contributed by atoms with E-state index in [1.165, 1.54) is 12.1 Å². The summed E-state index contributed by atoms with van der Waals surface area (Å²) in [6, 6.07) is 13.0. The van der Waals surface area contributed by atoms with E-state index in [0.29, 0.717) is 30.2 Å². The quantitative estimate of drug-likeness (QED) is 0.693. The third kappa shape index (κ3) is 6.08. The van der Waals surface area contributed by atoms with E-state index in [4.69, 9.17) is 9.47 Å². The van der Waals surface area contributed by atoms with Crippen molar-refractivity contribution < 1.29 is 22.7 Å². The Labute approximate surface area is 202 Å². The number of rotatable bonds is 5. The van der Waals surface area contributed by atoms with Crippen LogP contribution in [-0.2, 0) is 14.8 Å². The largest absolute Gasteiger partial charge is 0.491 e. The van der Waals surface area contributed by atoms with E-state index < -0.39 is 10.0 Å². The molecule has 0 saturated heterocycles. The predicted molar refractivity (Wildman–Crippen MR) is 133 cm³/mol. The number of ether oxygens (including phenoxy) is 2. The first-order valence-electron chi connectivity index (χ1n) is 11.5. The summed E-state index contributed by atoms with van der Waals surface area (Å²) < 4.78 is 40.0. The molecule has 0 bridgehead atoms. The molecular weight excluding hydrogens is 454 g/mol. The van der Waals surface area contributed by atoms with Crippen molar-refractivity contribution in [1.82, 2.24) is 9.80 Å². The number of fused-ring (bicyclic) bond motifs is 1. The SMILES string of the molecule is CCN1C[C@@H](C)[C@H](OC)CN(C)C(=O)c2ccc(NS(=O)(=O)c3ccccc3)cc2OC[C@H]1C. The predicted octanol–water partition coefficient (Wildman–Crippen LogP) is 3.31. The Morgan fingerprint density at radius 3 is 2.47 bits per heavy atom. The number of anilines is 1. The number of sulfonamides is 1. The van der Waals surface area contributed by atoms with Gasteiger partial charge in [-0.25, -0.2) is 8.42 Å². The van der Waals surface area contributed by atoms with Crippen LogP contribution in [0, 0.1) is 5.92 Å². The Hall–Kier alpha value is -2.62. The minimum absolute atomic E-state index is 0.0923. The summed E-state index contributed by atoms with van der Waals surface area (Å²) in [7, 11) is -0.357. The highest BCUT2D eigenvalue weighted by atomic mass is 32.2. The van der Waals surface area contributed by atoms with Crippen LogP contribution in [0.5, 0.6) is 5.75 Å². The van der Waals surface area contributed by atoms with Gasteiger partial charge >= 0.3 is 0 Å². The van der Waals surface area contributed by atoms with E-state index in [2.05, 4.69) is 30.4 Å². The highest BCUT2D eigenvalue weighted by Crippen LogP contribution is 2.28. The second kappa shape index (κ2) is 11.2. The smallest absolute Gasteiger partial charge is 0.261 e. The molecule has 8 nitrogen and oxygen atoms in total. The Bertz CT molecular complexity index is 1080. The number of hydrogen-bond acceptors (Lipinski definition) is 6. The summed E-state index contributed by atoms with van der Waals surface area (Å²) in [6.45, 7) is 8.78. The molecule has 0 radical (unpaired) electrons. The van der Waals surface area contributed by atoms with Gasteiger partial charge in [-0.2, -0.15) is 0 Å². The molecule has 0 fully saturated rings. The van der Waals surface area contributed by atoms with Crippen LogP contribution in [0.2, 0.25) is 0 Å². The summed E-state index contributed by atoms with van der Waals surface area (Å²) in [6.07, 6.45) is -0.115. The Kier molecular flexibility index (Phi) is 8.57. The van der Waals surface area contributed by atoms with E-state index >= 15 is 0 Å². The van der Waals surface area contributed by atoms with Gasteiger partial charge in [-0.05, 0) is 43.7 Å². The molecule has 1 aliphatic rings. The number of methoxy groups -OCH3 is 1. The number of carbonyl (C=O) groups excluding carboxylic acids is 1. The van der Waals surface area contributed by atoms with E-state index in [9.17, 15) is 13.2 Å². The van der Waals surface area contributed by atoms with Crippen LogP contribution in [0.3, 0.4) is 0 Å². The topological polar surface area (TPSA) is 88.2 Å². The van der Waals surface area contributed by atoms with Gasteiger partial charge in [-0.15, -0.1) is 0 Å². The van der Waals surface area contributed by atoms with Crippen LogP contribution in [0.15, 0.2) is 53.4 Å². The summed E-state index contributed by atoms with van der Waals surface area (Å²) >= 11 is 0. The van der Waals surface area contributed by atoms with Crippen molar-refractivity contribution in [3.63, 3.8) is 0 Å². The van der Waals surface area contributed by atoms with Gasteiger partial charge in [0.15, 0.2) is 0 Å². The van der Waals surface area contributed by atoms with Crippen LogP contribution in [0.25, 0.3) is 0 Å². The van der Waals surface area contributed by atoms with Crippen molar-refractivity contribution in [3.8, 4) is 5.75 Å². The lowest BCUT2D eigenvalue weighted by molar-refractivity contribution is 0.0116. The molecule has 0 aliphatic carbocycles. The van der Waals surface area contributed by atoms with E-state index in [0.717, 1.165) is 13.1 Å². The van der Waals surface area contributed by atoms with Crippen LogP contribution >= 0.6 is 0 Å². The molecule has 0 saturated carbocycles. The zero-order valence-electron chi connectivity index (χ0n) is 20.5. The van der Waals surface area contributed by atoms with Crippen molar-refractivity contribution >= 4 is 21.6 Å². The number of benzene rings is 2. The molecule has 2 aromatic rings. The zero-order chi connectivity index (χ0) is 24.9. The lowest BCUT2D eigenvalue weighted by Gasteiger charge is -2.35. The minimum Gasteiger partial charge on any atom is -0.491 e. The van der Waals surface area contributed by atoms with Gasteiger partial charge in [-0.1, -0.05) is 32.0 Å². The van der Waals surface area contributed by atoms with E-state index in [1.54, 1.807) is 55.5 Å². The molecule has 3 rings (SSSR count). The van der Waals surface area contributed by atoms with Crippen molar-refractivity contribution in [2.75, 3.05) is 45.1 Å². The summed E-state index contributed by atoms with van der Waals surface area (Å²) in [5.74, 6) is 0.356. The fraction of sp³-hybridized carbons (Fsp3) is 0.480. The van der Waals surface area contributed by atoms with Crippen LogP contribution in [0.1, 0.15) is 31.1 Å².